The number of rotatable bonds is 4. The van der Waals surface area contributed by atoms with Crippen LogP contribution in [-0.4, -0.2) is 26.7 Å². The summed E-state index contributed by atoms with van der Waals surface area (Å²) >= 11 is 0. The largest absolute Gasteiger partial charge is 0.421 e. The Labute approximate surface area is 149 Å². The zero-order chi connectivity index (χ0) is 19.2. The molecule has 0 spiro atoms. The lowest BCUT2D eigenvalue weighted by molar-refractivity contribution is -0.137. The fraction of sp³-hybridized carbons (Fsp3) is 0.500. The number of aromatic nitrogens is 4. The van der Waals surface area contributed by atoms with Crippen LogP contribution < -0.4 is 10.6 Å². The molecule has 1 aliphatic carbocycles. The monoisotopic (exact) mass is 367 g/mol. The molecule has 10 heteroatoms. The molecule has 7 nitrogen and oxygen atoms in total. The molecule has 0 radical (unpaired) electrons. The Bertz CT molecular complexity index is 760. The summed E-state index contributed by atoms with van der Waals surface area (Å²) in [6.07, 6.45) is 1.33. The Balaban J connectivity index is 0.000000342. The number of anilines is 3. The predicted molar refractivity (Wildman–Crippen MR) is 90.8 cm³/mol. The third-order valence-corrected chi connectivity index (χ3v) is 3.80. The maximum absolute atomic E-state index is 12.8. The topological polar surface area (TPSA) is 102 Å². The highest BCUT2D eigenvalue weighted by Crippen LogP contribution is 2.34. The van der Waals surface area contributed by atoms with Crippen molar-refractivity contribution in [1.82, 2.24) is 20.2 Å². The van der Waals surface area contributed by atoms with E-state index >= 15 is 0 Å². The number of nitrogens with one attached hydrogen (secondary N) is 3. The van der Waals surface area contributed by atoms with Crippen molar-refractivity contribution in [2.24, 2.45) is 5.92 Å². The van der Waals surface area contributed by atoms with Crippen LogP contribution >= 0.6 is 0 Å². The summed E-state index contributed by atoms with van der Waals surface area (Å²) in [6.45, 7) is 3.78. The molecule has 3 N–H and O–H groups in total. The number of aryl methyl sites for hydroxylation is 1. The molecule has 26 heavy (non-hydrogen) atoms. The maximum Gasteiger partial charge on any atom is 0.421 e. The first kappa shape index (κ1) is 19.5. The van der Waals surface area contributed by atoms with Crippen molar-refractivity contribution in [3.63, 3.8) is 0 Å². The fourth-order valence-electron chi connectivity index (χ4n) is 2.09. The summed E-state index contributed by atoms with van der Waals surface area (Å²) in [6, 6.07) is 2.20. The van der Waals surface area contributed by atoms with Crippen molar-refractivity contribution < 1.29 is 13.2 Å². The third-order valence-electron chi connectivity index (χ3n) is 3.80. The van der Waals surface area contributed by atoms with E-state index in [-0.39, 0.29) is 11.8 Å². The van der Waals surface area contributed by atoms with Crippen LogP contribution in [0.5, 0.6) is 0 Å². The van der Waals surface area contributed by atoms with Crippen LogP contribution in [0.15, 0.2) is 12.4 Å². The first-order valence-corrected chi connectivity index (χ1v) is 8.19. The van der Waals surface area contributed by atoms with E-state index in [1.54, 1.807) is 13.8 Å². The maximum atomic E-state index is 12.8. The van der Waals surface area contributed by atoms with Gasteiger partial charge in [0.25, 0.3) is 0 Å². The number of aromatic amines is 1. The highest BCUT2D eigenvalue weighted by molar-refractivity contribution is 5.57. The molecular formula is C16H20F3N7. The first-order chi connectivity index (χ1) is 12.3. The van der Waals surface area contributed by atoms with E-state index in [4.69, 9.17) is 5.26 Å². The van der Waals surface area contributed by atoms with Crippen molar-refractivity contribution in [1.29, 1.82) is 5.26 Å². The molecule has 0 unspecified atom stereocenters. The van der Waals surface area contributed by atoms with Crippen LogP contribution in [0.25, 0.3) is 0 Å². The number of hydrogen-bond acceptors (Lipinski definition) is 6. The van der Waals surface area contributed by atoms with Crippen LogP contribution in [0.2, 0.25) is 0 Å². The molecule has 3 rings (SSSR count). The lowest BCUT2D eigenvalue weighted by Crippen LogP contribution is -2.14. The van der Waals surface area contributed by atoms with Crippen molar-refractivity contribution in [2.75, 3.05) is 17.2 Å². The Morgan fingerprint density at radius 3 is 2.50 bits per heavy atom. The second kappa shape index (κ2) is 8.51. The predicted octanol–water partition coefficient (Wildman–Crippen LogP) is 4.01. The molecule has 0 amide bonds. The van der Waals surface area contributed by atoms with E-state index in [2.05, 4.69) is 36.9 Å². The third kappa shape index (κ3) is 5.08. The zero-order valence-corrected chi connectivity index (χ0v) is 14.5. The molecule has 0 atom stereocenters. The molecule has 0 aromatic carbocycles. The highest BCUT2D eigenvalue weighted by atomic mass is 19.4. The van der Waals surface area contributed by atoms with Gasteiger partial charge in [-0.05, 0) is 26.7 Å². The summed E-state index contributed by atoms with van der Waals surface area (Å²) in [5.74, 6) is 0.238. The van der Waals surface area contributed by atoms with E-state index in [1.807, 2.05) is 0 Å². The van der Waals surface area contributed by atoms with Gasteiger partial charge in [0.2, 0.25) is 5.95 Å². The highest BCUT2D eigenvalue weighted by Gasteiger charge is 2.35. The number of nitriles is 1. The van der Waals surface area contributed by atoms with Gasteiger partial charge in [-0.15, -0.1) is 0 Å². The van der Waals surface area contributed by atoms with Gasteiger partial charge < -0.3 is 10.6 Å². The van der Waals surface area contributed by atoms with Crippen molar-refractivity contribution in [3.05, 3.63) is 23.7 Å². The quantitative estimate of drug-likeness (QED) is 0.754. The summed E-state index contributed by atoms with van der Waals surface area (Å²) in [5.41, 5.74) is 0.444. The number of alkyl halides is 3. The van der Waals surface area contributed by atoms with Crippen LogP contribution in [0.4, 0.5) is 30.6 Å². The lowest BCUT2D eigenvalue weighted by atomic mass is 9.87. The van der Waals surface area contributed by atoms with Crippen LogP contribution in [0, 0.1) is 24.2 Å². The molecular weight excluding hydrogens is 347 g/mol. The Hall–Kier alpha value is -2.83. The van der Waals surface area contributed by atoms with Crippen molar-refractivity contribution in [2.45, 2.75) is 39.3 Å². The van der Waals surface area contributed by atoms with Gasteiger partial charge in [0.1, 0.15) is 11.4 Å². The summed E-state index contributed by atoms with van der Waals surface area (Å²) in [7, 11) is 0. The molecule has 140 valence electrons. The summed E-state index contributed by atoms with van der Waals surface area (Å²) in [5, 5.41) is 20.0. The van der Waals surface area contributed by atoms with Gasteiger partial charge in [-0.1, -0.05) is 6.42 Å². The average molecular weight is 367 g/mol. The second-order valence-corrected chi connectivity index (χ2v) is 5.77. The van der Waals surface area contributed by atoms with E-state index in [0.717, 1.165) is 24.7 Å². The molecule has 1 saturated carbocycles. The summed E-state index contributed by atoms with van der Waals surface area (Å²) < 4.78 is 38.4. The van der Waals surface area contributed by atoms with Gasteiger partial charge in [-0.2, -0.15) is 28.5 Å². The Kier molecular flexibility index (Phi) is 6.38. The van der Waals surface area contributed by atoms with E-state index in [1.165, 1.54) is 12.6 Å². The standard InChI is InChI=1S/C11H13F3N6.C5H7N/c1-3-15-9-7(11(12,13)14)4-16-10(19-9)18-8-5-17-20-6(8)2;6-4-5-2-1-3-5/h4-5H,3H2,1-2H3,(H,17,20)(H2,15,16,18,19);5H,1-3H2. The van der Waals surface area contributed by atoms with Gasteiger partial charge in [-0.3, -0.25) is 5.10 Å². The zero-order valence-electron chi connectivity index (χ0n) is 14.5. The molecule has 2 aromatic heterocycles. The second-order valence-electron chi connectivity index (χ2n) is 5.77. The van der Waals surface area contributed by atoms with E-state index in [9.17, 15) is 13.2 Å². The van der Waals surface area contributed by atoms with Crippen molar-refractivity contribution >= 4 is 17.5 Å². The molecule has 2 heterocycles. The first-order valence-electron chi connectivity index (χ1n) is 8.19. The van der Waals surface area contributed by atoms with Gasteiger partial charge in [0.05, 0.1) is 23.6 Å². The fourth-order valence-corrected chi connectivity index (χ4v) is 2.09. The SMILES string of the molecule is CCNc1nc(Nc2cn[nH]c2C)ncc1C(F)(F)F.N#CC1CCC1. The van der Waals surface area contributed by atoms with Gasteiger partial charge in [-0.25, -0.2) is 4.98 Å². The normalized spacial score (nSPS) is 13.8. The number of H-pyrrole nitrogens is 1. The van der Waals surface area contributed by atoms with Crippen molar-refractivity contribution in [3.8, 4) is 6.07 Å². The van der Waals surface area contributed by atoms with Gasteiger partial charge in [0.15, 0.2) is 0 Å². The van der Waals surface area contributed by atoms with Crippen LogP contribution in [-0.2, 0) is 6.18 Å². The van der Waals surface area contributed by atoms with Crippen LogP contribution in [0.1, 0.15) is 37.4 Å². The van der Waals surface area contributed by atoms with E-state index < -0.39 is 11.7 Å². The summed E-state index contributed by atoms with van der Waals surface area (Å²) in [4.78, 5) is 7.53. The Morgan fingerprint density at radius 2 is 2.08 bits per heavy atom. The number of nitrogens with zero attached hydrogens (tertiary/aromatic N) is 4. The molecule has 0 saturated heterocycles. The minimum Gasteiger partial charge on any atom is -0.370 e. The molecule has 0 bridgehead atoms. The lowest BCUT2D eigenvalue weighted by Gasteiger charge is -2.15. The van der Waals surface area contributed by atoms with Gasteiger partial charge in [0, 0.05) is 18.7 Å². The molecule has 1 aliphatic rings. The smallest absolute Gasteiger partial charge is 0.370 e. The number of hydrogen-bond donors (Lipinski definition) is 3. The van der Waals surface area contributed by atoms with Crippen LogP contribution in [0.3, 0.4) is 0 Å². The average Bonchev–Trinajstić information content (AvgIpc) is 2.91. The minimum atomic E-state index is -4.50. The minimum absolute atomic E-state index is 0.0680. The molecule has 2 aromatic rings. The Morgan fingerprint density at radius 1 is 1.35 bits per heavy atom. The van der Waals surface area contributed by atoms with Gasteiger partial charge >= 0.3 is 6.18 Å². The number of halogens is 3. The van der Waals surface area contributed by atoms with E-state index in [0.29, 0.717) is 18.2 Å². The molecule has 0 aliphatic heterocycles. The molecule has 1 fully saturated rings.